The molecule has 0 spiro atoms. The first-order valence-corrected chi connectivity index (χ1v) is 9.84. The Hall–Kier alpha value is -3.33. The van der Waals surface area contributed by atoms with Crippen molar-refractivity contribution in [1.29, 1.82) is 5.26 Å². The van der Waals surface area contributed by atoms with Crippen LogP contribution in [0.1, 0.15) is 30.9 Å². The van der Waals surface area contributed by atoms with Crippen molar-refractivity contribution < 1.29 is 14.3 Å². The molecule has 0 bridgehead atoms. The molecule has 6 nitrogen and oxygen atoms in total. The van der Waals surface area contributed by atoms with E-state index in [1.807, 2.05) is 36.4 Å². The summed E-state index contributed by atoms with van der Waals surface area (Å²) in [4.78, 5) is 26.8. The van der Waals surface area contributed by atoms with Gasteiger partial charge in [0.15, 0.2) is 6.10 Å². The molecule has 0 aliphatic carbocycles. The van der Waals surface area contributed by atoms with Crippen molar-refractivity contribution in [1.82, 2.24) is 10.2 Å². The van der Waals surface area contributed by atoms with Gasteiger partial charge in [-0.3, -0.25) is 9.59 Å². The van der Waals surface area contributed by atoms with Crippen LogP contribution in [0.3, 0.4) is 0 Å². The summed E-state index contributed by atoms with van der Waals surface area (Å²) in [7, 11) is 0. The summed E-state index contributed by atoms with van der Waals surface area (Å²) in [6.45, 7) is 3.33. The van der Waals surface area contributed by atoms with Crippen LogP contribution in [0, 0.1) is 17.2 Å². The molecule has 2 amide bonds. The molecule has 2 aromatic rings. The number of carbonyl (C=O) groups is 2. The molecule has 1 heterocycles. The van der Waals surface area contributed by atoms with Crippen LogP contribution in [-0.4, -0.2) is 35.9 Å². The molecule has 0 saturated carbocycles. The molecule has 1 N–H and O–H groups in total. The van der Waals surface area contributed by atoms with Crippen molar-refractivity contribution in [3.05, 3.63) is 65.7 Å². The Morgan fingerprint density at radius 2 is 1.79 bits per heavy atom. The number of ether oxygens (including phenoxy) is 1. The average Bonchev–Trinajstić information content (AvgIpc) is 2.78. The Morgan fingerprint density at radius 1 is 1.14 bits per heavy atom. The maximum absolute atomic E-state index is 12.7. The topological polar surface area (TPSA) is 82.4 Å². The van der Waals surface area contributed by atoms with Crippen LogP contribution >= 0.6 is 0 Å². The third-order valence-electron chi connectivity index (χ3n) is 5.13. The molecular formula is C23H25N3O3. The smallest absolute Gasteiger partial charge is 0.263 e. The summed E-state index contributed by atoms with van der Waals surface area (Å²) in [5.74, 6) is 0.442. The largest absolute Gasteiger partial charge is 0.481 e. The molecule has 1 aliphatic rings. The lowest BCUT2D eigenvalue weighted by Crippen LogP contribution is -2.47. The fourth-order valence-electron chi connectivity index (χ4n) is 3.41. The Bertz CT molecular complexity index is 866. The van der Waals surface area contributed by atoms with Gasteiger partial charge in [0.1, 0.15) is 5.75 Å². The molecule has 0 aromatic heterocycles. The van der Waals surface area contributed by atoms with Gasteiger partial charge in [0, 0.05) is 25.6 Å². The highest BCUT2D eigenvalue weighted by Crippen LogP contribution is 2.20. The normalized spacial score (nSPS) is 15.2. The lowest BCUT2D eigenvalue weighted by molar-refractivity contribution is -0.141. The average molecular weight is 391 g/mol. The van der Waals surface area contributed by atoms with Crippen molar-refractivity contribution in [2.24, 2.45) is 5.92 Å². The van der Waals surface area contributed by atoms with Crippen molar-refractivity contribution in [3.8, 4) is 11.8 Å². The molecule has 3 rings (SSSR count). The summed E-state index contributed by atoms with van der Waals surface area (Å²) >= 11 is 0. The Balaban J connectivity index is 1.44. The van der Waals surface area contributed by atoms with Crippen LogP contribution in [0.25, 0.3) is 0 Å². The first-order chi connectivity index (χ1) is 14.1. The van der Waals surface area contributed by atoms with E-state index in [2.05, 4.69) is 5.32 Å². The van der Waals surface area contributed by atoms with Gasteiger partial charge in [-0.15, -0.1) is 0 Å². The second-order valence-electron chi connectivity index (χ2n) is 7.20. The predicted molar refractivity (Wildman–Crippen MR) is 109 cm³/mol. The zero-order chi connectivity index (χ0) is 20.6. The van der Waals surface area contributed by atoms with Gasteiger partial charge in [-0.2, -0.15) is 5.26 Å². The highest BCUT2D eigenvalue weighted by molar-refractivity contribution is 5.82. The second kappa shape index (κ2) is 9.74. The lowest BCUT2D eigenvalue weighted by Gasteiger charge is -2.33. The van der Waals surface area contributed by atoms with E-state index in [1.165, 1.54) is 0 Å². The van der Waals surface area contributed by atoms with Crippen molar-refractivity contribution in [3.63, 3.8) is 0 Å². The van der Waals surface area contributed by atoms with Gasteiger partial charge >= 0.3 is 0 Å². The van der Waals surface area contributed by atoms with E-state index < -0.39 is 6.10 Å². The lowest BCUT2D eigenvalue weighted by atomic mass is 9.95. The van der Waals surface area contributed by atoms with Crippen LogP contribution in [0.15, 0.2) is 54.6 Å². The molecule has 0 radical (unpaired) electrons. The molecule has 0 unspecified atom stereocenters. The number of nitrogens with one attached hydrogen (secondary N) is 1. The summed E-state index contributed by atoms with van der Waals surface area (Å²) in [5, 5.41) is 11.8. The number of amides is 2. The summed E-state index contributed by atoms with van der Waals surface area (Å²) in [6, 6.07) is 18.6. The van der Waals surface area contributed by atoms with Crippen LogP contribution in [0.4, 0.5) is 0 Å². The van der Waals surface area contributed by atoms with E-state index in [0.717, 1.165) is 5.56 Å². The molecule has 1 saturated heterocycles. The maximum atomic E-state index is 12.7. The standard InChI is InChI=1S/C23H25N3O3/c1-17(29-21-9-7-18(15-24)8-10-21)23(28)26-13-11-20(12-14-26)22(27)25-16-19-5-3-2-4-6-19/h2-10,17,20H,11-14,16H2,1H3,(H,25,27)/t17-/m1/s1. The number of rotatable bonds is 6. The highest BCUT2D eigenvalue weighted by atomic mass is 16.5. The SMILES string of the molecule is C[C@@H](Oc1ccc(C#N)cc1)C(=O)N1CCC(C(=O)NCc2ccccc2)CC1. The second-order valence-corrected chi connectivity index (χ2v) is 7.20. The van der Waals surface area contributed by atoms with Gasteiger partial charge in [0.05, 0.1) is 11.6 Å². The molecular weight excluding hydrogens is 366 g/mol. The number of nitriles is 1. The monoisotopic (exact) mass is 391 g/mol. The van der Waals surface area contributed by atoms with Crippen molar-refractivity contribution >= 4 is 11.8 Å². The zero-order valence-electron chi connectivity index (χ0n) is 16.5. The van der Waals surface area contributed by atoms with Gasteiger partial charge in [0.2, 0.25) is 5.91 Å². The highest BCUT2D eigenvalue weighted by Gasteiger charge is 2.30. The van der Waals surface area contributed by atoms with Gasteiger partial charge in [-0.25, -0.2) is 0 Å². The van der Waals surface area contributed by atoms with Gasteiger partial charge in [0.25, 0.3) is 5.91 Å². The van der Waals surface area contributed by atoms with E-state index in [1.54, 1.807) is 36.1 Å². The fraction of sp³-hybridized carbons (Fsp3) is 0.348. The summed E-state index contributed by atoms with van der Waals surface area (Å²) in [6.07, 6.45) is 0.678. The minimum absolute atomic E-state index is 0.0443. The quantitative estimate of drug-likeness (QED) is 0.821. The van der Waals surface area contributed by atoms with E-state index in [0.29, 0.717) is 43.8 Å². The molecule has 1 fully saturated rings. The number of hydrogen-bond donors (Lipinski definition) is 1. The van der Waals surface area contributed by atoms with Crippen LogP contribution < -0.4 is 10.1 Å². The first kappa shape index (κ1) is 20.4. The van der Waals surface area contributed by atoms with E-state index in [-0.39, 0.29) is 17.7 Å². The summed E-state index contributed by atoms with van der Waals surface area (Å²) < 4.78 is 5.71. The van der Waals surface area contributed by atoms with E-state index >= 15 is 0 Å². The van der Waals surface area contributed by atoms with Crippen LogP contribution in [0.2, 0.25) is 0 Å². The van der Waals surface area contributed by atoms with E-state index in [4.69, 9.17) is 10.00 Å². The number of carbonyl (C=O) groups excluding carboxylic acids is 2. The van der Waals surface area contributed by atoms with Crippen LogP contribution in [0.5, 0.6) is 5.75 Å². The van der Waals surface area contributed by atoms with Crippen LogP contribution in [-0.2, 0) is 16.1 Å². The maximum Gasteiger partial charge on any atom is 0.263 e. The molecule has 1 atom stereocenters. The first-order valence-electron chi connectivity index (χ1n) is 9.84. The van der Waals surface area contributed by atoms with Gasteiger partial charge < -0.3 is 15.0 Å². The van der Waals surface area contributed by atoms with E-state index in [9.17, 15) is 9.59 Å². The third-order valence-corrected chi connectivity index (χ3v) is 5.13. The molecule has 2 aromatic carbocycles. The zero-order valence-corrected chi connectivity index (χ0v) is 16.5. The minimum atomic E-state index is -0.619. The minimum Gasteiger partial charge on any atom is -0.481 e. The van der Waals surface area contributed by atoms with Crippen molar-refractivity contribution in [2.75, 3.05) is 13.1 Å². The molecule has 29 heavy (non-hydrogen) atoms. The number of nitrogens with zero attached hydrogens (tertiary/aromatic N) is 2. The number of piperidine rings is 1. The Morgan fingerprint density at radius 3 is 2.41 bits per heavy atom. The number of hydrogen-bond acceptors (Lipinski definition) is 4. The number of likely N-dealkylation sites (tertiary alicyclic amines) is 1. The van der Waals surface area contributed by atoms with Crippen molar-refractivity contribution in [2.45, 2.75) is 32.4 Å². The number of benzene rings is 2. The van der Waals surface area contributed by atoms with Gasteiger partial charge in [-0.05, 0) is 49.6 Å². The Labute approximate surface area is 171 Å². The summed E-state index contributed by atoms with van der Waals surface area (Å²) in [5.41, 5.74) is 1.62. The third kappa shape index (κ3) is 5.58. The van der Waals surface area contributed by atoms with Gasteiger partial charge in [-0.1, -0.05) is 30.3 Å². The predicted octanol–water partition coefficient (Wildman–Crippen LogP) is 2.88. The fourth-order valence-corrected chi connectivity index (χ4v) is 3.41. The molecule has 150 valence electrons. The molecule has 1 aliphatic heterocycles. The molecule has 6 heteroatoms. The Kier molecular flexibility index (Phi) is 6.85.